The third-order valence-electron chi connectivity index (χ3n) is 4.68. The quantitative estimate of drug-likeness (QED) is 0.188. The van der Waals surface area contributed by atoms with Gasteiger partial charge in [0, 0.05) is 32.6 Å². The lowest BCUT2D eigenvalue weighted by Gasteiger charge is -2.22. The number of aromatic nitrogens is 1. The Hall–Kier alpha value is -2.10. The highest BCUT2D eigenvalue weighted by Crippen LogP contribution is 2.32. The first kappa shape index (κ1) is 25.2. The number of carbonyl (C=O) groups is 3. The van der Waals surface area contributed by atoms with Crippen LogP contribution < -0.4 is 32.6 Å². The van der Waals surface area contributed by atoms with Crippen LogP contribution in [0.5, 0.6) is 0 Å². The van der Waals surface area contributed by atoms with E-state index in [0.717, 1.165) is 11.3 Å². The van der Waals surface area contributed by atoms with Crippen molar-refractivity contribution in [3.8, 4) is 0 Å². The van der Waals surface area contributed by atoms with Crippen LogP contribution in [0.3, 0.4) is 0 Å². The molecule has 1 atom stereocenters. The first-order chi connectivity index (χ1) is 14.6. The average molecular weight is 455 g/mol. The van der Waals surface area contributed by atoms with E-state index in [1.54, 1.807) is 13.8 Å². The molecule has 1 aromatic rings. The predicted octanol–water partition coefficient (Wildman–Crippen LogP) is -3.00. The number of anilines is 1. The zero-order valence-electron chi connectivity index (χ0n) is 17.7. The molecule has 0 saturated heterocycles. The number of nitrogens with one attached hydrogen (secondary N) is 2. The van der Waals surface area contributed by atoms with E-state index in [2.05, 4.69) is 15.6 Å². The van der Waals surface area contributed by atoms with E-state index in [9.17, 15) is 19.4 Å². The third-order valence-corrected chi connectivity index (χ3v) is 5.68. The van der Waals surface area contributed by atoms with Crippen molar-refractivity contribution in [2.45, 2.75) is 38.3 Å². The second-order valence-corrected chi connectivity index (χ2v) is 8.61. The van der Waals surface area contributed by atoms with Crippen LogP contribution in [-0.4, -0.2) is 78.5 Å². The lowest BCUT2D eigenvalue weighted by Crippen LogP contribution is -2.45. The molecule has 14 heteroatoms. The molecule has 3 amide bonds. The van der Waals surface area contributed by atoms with Crippen molar-refractivity contribution in [3.05, 3.63) is 5.69 Å². The van der Waals surface area contributed by atoms with Crippen molar-refractivity contribution in [3.63, 3.8) is 0 Å². The first-order valence-corrected chi connectivity index (χ1v) is 10.8. The summed E-state index contributed by atoms with van der Waals surface area (Å²) in [5.41, 5.74) is 16.6. The maximum absolute atomic E-state index is 12.2. The summed E-state index contributed by atoms with van der Waals surface area (Å²) >= 11 is 1.11. The molecule has 172 valence electrons. The SMILES string of the molecule is CC1(C)OB(O)c2sc(NC(=O)CNC(=O)C(N)CCC(=O)N(CCN)CCN)nc21. The second-order valence-electron chi connectivity index (χ2n) is 7.58. The molecule has 2 rings (SSSR count). The van der Waals surface area contributed by atoms with Gasteiger partial charge in [-0.3, -0.25) is 14.4 Å². The summed E-state index contributed by atoms with van der Waals surface area (Å²) in [7, 11) is -1.08. The second kappa shape index (κ2) is 11.0. The number of nitrogens with two attached hydrogens (primary N) is 3. The normalized spacial score (nSPS) is 15.4. The number of hydrogen-bond donors (Lipinski definition) is 6. The summed E-state index contributed by atoms with van der Waals surface area (Å²) in [5, 5.41) is 15.2. The molecule has 0 aromatic carbocycles. The molecule has 0 saturated carbocycles. The Kier molecular flexibility index (Phi) is 8.91. The van der Waals surface area contributed by atoms with Crippen LogP contribution in [0.2, 0.25) is 0 Å². The summed E-state index contributed by atoms with van der Waals surface area (Å²) in [6.45, 7) is 4.64. The van der Waals surface area contributed by atoms with Gasteiger partial charge in [-0.15, -0.1) is 11.3 Å². The number of thiazole rings is 1. The van der Waals surface area contributed by atoms with Gasteiger partial charge in [0.25, 0.3) is 0 Å². The fourth-order valence-electron chi connectivity index (χ4n) is 3.08. The molecular weight excluding hydrogens is 425 g/mol. The van der Waals surface area contributed by atoms with E-state index in [1.807, 2.05) is 0 Å². The lowest BCUT2D eigenvalue weighted by atomic mass is 9.90. The number of nitrogens with zero attached hydrogens (tertiary/aromatic N) is 2. The number of fused-ring (bicyclic) bond motifs is 1. The largest absolute Gasteiger partial charge is 0.504 e. The topological polar surface area (TPSA) is 199 Å². The number of hydrogen-bond acceptors (Lipinski definition) is 10. The van der Waals surface area contributed by atoms with Gasteiger partial charge in [-0.05, 0) is 20.3 Å². The summed E-state index contributed by atoms with van der Waals surface area (Å²) in [4.78, 5) is 42.3. The Balaban J connectivity index is 1.77. The van der Waals surface area contributed by atoms with Crippen LogP contribution in [-0.2, 0) is 24.6 Å². The molecule has 0 spiro atoms. The maximum Gasteiger partial charge on any atom is 0.504 e. The molecule has 0 radical (unpaired) electrons. The Labute approximate surface area is 185 Å². The first-order valence-electron chi connectivity index (χ1n) is 9.97. The van der Waals surface area contributed by atoms with Gasteiger partial charge in [-0.2, -0.15) is 0 Å². The van der Waals surface area contributed by atoms with Crippen molar-refractivity contribution in [2.75, 3.05) is 38.0 Å². The minimum absolute atomic E-state index is 0.0750. The van der Waals surface area contributed by atoms with Crippen molar-refractivity contribution in [2.24, 2.45) is 17.2 Å². The van der Waals surface area contributed by atoms with Gasteiger partial charge in [0.05, 0.1) is 28.7 Å². The Bertz CT molecular complexity index is 800. The summed E-state index contributed by atoms with van der Waals surface area (Å²) in [5.74, 6) is -1.21. The molecule has 0 aliphatic carbocycles. The smallest absolute Gasteiger partial charge is 0.422 e. The van der Waals surface area contributed by atoms with Crippen molar-refractivity contribution >= 4 is 46.1 Å². The molecule has 0 bridgehead atoms. The van der Waals surface area contributed by atoms with Crippen LogP contribution in [0.15, 0.2) is 0 Å². The predicted molar refractivity (Wildman–Crippen MR) is 117 cm³/mol. The summed E-state index contributed by atoms with van der Waals surface area (Å²) < 4.78 is 5.92. The molecule has 9 N–H and O–H groups in total. The zero-order chi connectivity index (χ0) is 23.2. The van der Waals surface area contributed by atoms with E-state index in [-0.39, 0.29) is 25.3 Å². The third kappa shape index (κ3) is 6.69. The van der Waals surface area contributed by atoms with Crippen molar-refractivity contribution < 1.29 is 24.1 Å². The van der Waals surface area contributed by atoms with Crippen LogP contribution >= 0.6 is 11.3 Å². The van der Waals surface area contributed by atoms with Crippen molar-refractivity contribution in [1.29, 1.82) is 0 Å². The highest BCUT2D eigenvalue weighted by atomic mass is 32.1. The molecule has 0 fully saturated rings. The minimum atomic E-state index is -1.08. The van der Waals surface area contributed by atoms with Crippen LogP contribution in [0.4, 0.5) is 5.13 Å². The van der Waals surface area contributed by atoms with Crippen LogP contribution in [0.25, 0.3) is 0 Å². The fourth-order valence-corrected chi connectivity index (χ4v) is 4.12. The van der Waals surface area contributed by atoms with E-state index in [4.69, 9.17) is 21.9 Å². The summed E-state index contributed by atoms with van der Waals surface area (Å²) in [6.07, 6.45) is 0.204. The summed E-state index contributed by atoms with van der Waals surface area (Å²) in [6, 6.07) is -0.939. The molecule has 1 aliphatic heterocycles. The van der Waals surface area contributed by atoms with Gasteiger partial charge in [-0.25, -0.2) is 4.98 Å². The Morgan fingerprint density at radius 2 is 1.94 bits per heavy atom. The number of carbonyl (C=O) groups excluding carboxylic acids is 3. The van der Waals surface area contributed by atoms with Gasteiger partial charge in [0.15, 0.2) is 5.13 Å². The van der Waals surface area contributed by atoms with E-state index in [1.165, 1.54) is 4.90 Å². The van der Waals surface area contributed by atoms with Gasteiger partial charge in [0.2, 0.25) is 17.7 Å². The molecular formula is C17H30BN7O5S. The van der Waals surface area contributed by atoms with Gasteiger partial charge in [-0.1, -0.05) is 0 Å². The molecule has 1 aromatic heterocycles. The molecule has 12 nitrogen and oxygen atoms in total. The molecule has 31 heavy (non-hydrogen) atoms. The lowest BCUT2D eigenvalue weighted by molar-refractivity contribution is -0.131. The van der Waals surface area contributed by atoms with Gasteiger partial charge in [0.1, 0.15) is 0 Å². The maximum atomic E-state index is 12.2. The zero-order valence-corrected chi connectivity index (χ0v) is 18.5. The Morgan fingerprint density at radius 1 is 1.29 bits per heavy atom. The monoisotopic (exact) mass is 455 g/mol. The van der Waals surface area contributed by atoms with Gasteiger partial charge < -0.3 is 42.4 Å². The van der Waals surface area contributed by atoms with E-state index in [0.29, 0.717) is 41.8 Å². The van der Waals surface area contributed by atoms with E-state index >= 15 is 0 Å². The van der Waals surface area contributed by atoms with Gasteiger partial charge >= 0.3 is 7.12 Å². The van der Waals surface area contributed by atoms with Crippen molar-refractivity contribution in [1.82, 2.24) is 15.2 Å². The standard InChI is InChI=1S/C17H30BN7O5S/c1-17(2)13-14(18(29)30-17)31-16(24-13)23-11(26)9-22-15(28)10(21)3-4-12(27)25(7-5-19)8-6-20/h10,29H,3-9,19-21H2,1-2H3,(H,22,28)(H,23,24,26). The van der Waals surface area contributed by atoms with E-state index < -0.39 is 30.6 Å². The number of amides is 3. The molecule has 1 aliphatic rings. The fraction of sp³-hybridized carbons (Fsp3) is 0.647. The molecule has 1 unspecified atom stereocenters. The highest BCUT2D eigenvalue weighted by molar-refractivity contribution is 7.25. The van der Waals surface area contributed by atoms with Crippen LogP contribution in [0, 0.1) is 0 Å². The average Bonchev–Trinajstić information content (AvgIpc) is 3.22. The Morgan fingerprint density at radius 3 is 2.52 bits per heavy atom. The minimum Gasteiger partial charge on any atom is -0.422 e. The molecule has 2 heterocycles. The number of rotatable bonds is 11. The highest BCUT2D eigenvalue weighted by Gasteiger charge is 2.44. The van der Waals surface area contributed by atoms with Crippen LogP contribution in [0.1, 0.15) is 32.4 Å².